The largest absolute Gasteiger partial charge is 0.325 e. The molecule has 0 radical (unpaired) electrons. The van der Waals surface area contributed by atoms with Crippen LogP contribution in [-0.2, 0) is 24.8 Å². The lowest BCUT2D eigenvalue weighted by Crippen LogP contribution is -2.38. The number of sulfonamides is 2. The molecule has 1 amide bonds. The molecule has 0 saturated carbocycles. The van der Waals surface area contributed by atoms with E-state index in [4.69, 9.17) is 0 Å². The van der Waals surface area contributed by atoms with Crippen LogP contribution in [0.25, 0.3) is 0 Å². The lowest BCUT2D eigenvalue weighted by atomic mass is 10.3. The van der Waals surface area contributed by atoms with E-state index in [1.807, 2.05) is 0 Å². The fourth-order valence-corrected chi connectivity index (χ4v) is 5.10. The molecule has 0 aliphatic rings. The van der Waals surface area contributed by atoms with Crippen LogP contribution in [0.5, 0.6) is 0 Å². The minimum absolute atomic E-state index is 0.0771. The molecule has 0 saturated heterocycles. The number of rotatable bonds is 9. The van der Waals surface area contributed by atoms with Crippen LogP contribution in [0.4, 0.5) is 15.8 Å². The number of carbonyl (C=O) groups is 1. The van der Waals surface area contributed by atoms with E-state index in [1.54, 1.807) is 13.8 Å². The van der Waals surface area contributed by atoms with Gasteiger partial charge in [0, 0.05) is 18.8 Å². The van der Waals surface area contributed by atoms with Gasteiger partial charge in [-0.1, -0.05) is 26.0 Å². The summed E-state index contributed by atoms with van der Waals surface area (Å²) >= 11 is 0. The lowest BCUT2D eigenvalue weighted by molar-refractivity contribution is -0.114. The summed E-state index contributed by atoms with van der Waals surface area (Å²) in [6.07, 6.45) is 0.875. The first kappa shape index (κ1) is 23.8. The second kappa shape index (κ2) is 9.54. The number of anilines is 2. The van der Waals surface area contributed by atoms with Gasteiger partial charge in [0.15, 0.2) is 0 Å². The van der Waals surface area contributed by atoms with E-state index in [0.29, 0.717) is 17.4 Å². The van der Waals surface area contributed by atoms with E-state index in [1.165, 1.54) is 46.8 Å². The van der Waals surface area contributed by atoms with Crippen LogP contribution >= 0.6 is 0 Å². The van der Waals surface area contributed by atoms with Crippen LogP contribution in [0.3, 0.4) is 0 Å². The number of hydrogen-bond acceptors (Lipinski definition) is 5. The van der Waals surface area contributed by atoms with Crippen molar-refractivity contribution in [2.24, 2.45) is 0 Å². The highest BCUT2D eigenvalue weighted by Crippen LogP contribution is 2.22. The number of para-hydroxylation sites is 1. The Morgan fingerprint density at radius 2 is 1.53 bits per heavy atom. The molecule has 0 unspecified atom stereocenters. The number of amides is 1. The molecule has 1 N–H and O–H groups in total. The van der Waals surface area contributed by atoms with Gasteiger partial charge in [-0.05, 0) is 36.4 Å². The average Bonchev–Trinajstić information content (AvgIpc) is 2.67. The van der Waals surface area contributed by atoms with Crippen molar-refractivity contribution in [2.45, 2.75) is 18.7 Å². The summed E-state index contributed by atoms with van der Waals surface area (Å²) in [5.74, 6) is -1.48. The van der Waals surface area contributed by atoms with Crippen LogP contribution in [0.15, 0.2) is 53.4 Å². The maximum Gasteiger partial charge on any atom is 0.245 e. The number of hydrogen-bond donors (Lipinski definition) is 1. The minimum Gasteiger partial charge on any atom is -0.325 e. The predicted octanol–water partition coefficient (Wildman–Crippen LogP) is 2.26. The molecule has 30 heavy (non-hydrogen) atoms. The predicted molar refractivity (Wildman–Crippen MR) is 114 cm³/mol. The Morgan fingerprint density at radius 3 is 2.03 bits per heavy atom. The highest BCUT2D eigenvalue weighted by molar-refractivity contribution is 7.92. The standard InChI is InChI=1S/C19H24FN3O5S2/c1-4-22(5-2)30(27,28)16-12-10-15(11-13-16)21-19(24)14-23(29(3,25)26)18-9-7-6-8-17(18)20/h6-13H,4-5,14H2,1-3H3,(H,21,24). The number of nitrogens with one attached hydrogen (secondary N) is 1. The van der Waals surface area contributed by atoms with Crippen molar-refractivity contribution in [1.29, 1.82) is 0 Å². The molecule has 0 heterocycles. The quantitative estimate of drug-likeness (QED) is 0.622. The topological polar surface area (TPSA) is 104 Å². The van der Waals surface area contributed by atoms with Crippen LogP contribution in [0.2, 0.25) is 0 Å². The van der Waals surface area contributed by atoms with Crippen LogP contribution < -0.4 is 9.62 Å². The summed E-state index contributed by atoms with van der Waals surface area (Å²) in [5.41, 5.74) is 0.0382. The molecule has 2 rings (SSSR count). The molecule has 0 aromatic heterocycles. The number of halogens is 1. The molecule has 8 nitrogen and oxygen atoms in total. The maximum absolute atomic E-state index is 14.0. The smallest absolute Gasteiger partial charge is 0.245 e. The zero-order chi connectivity index (χ0) is 22.5. The third-order valence-corrected chi connectivity index (χ3v) is 7.48. The molecule has 0 aliphatic heterocycles. The third-order valence-electron chi connectivity index (χ3n) is 4.29. The molecule has 0 atom stereocenters. The van der Waals surface area contributed by atoms with Crippen molar-refractivity contribution in [3.63, 3.8) is 0 Å². The molecule has 2 aromatic carbocycles. The Kier molecular flexibility index (Phi) is 7.56. The molecule has 0 aliphatic carbocycles. The Labute approximate surface area is 176 Å². The van der Waals surface area contributed by atoms with Gasteiger partial charge in [0.05, 0.1) is 16.8 Å². The van der Waals surface area contributed by atoms with E-state index in [-0.39, 0.29) is 16.3 Å². The van der Waals surface area contributed by atoms with Gasteiger partial charge in [-0.25, -0.2) is 21.2 Å². The number of benzene rings is 2. The first-order chi connectivity index (χ1) is 14.0. The van der Waals surface area contributed by atoms with Crippen molar-refractivity contribution in [3.05, 3.63) is 54.3 Å². The van der Waals surface area contributed by atoms with Gasteiger partial charge in [0.2, 0.25) is 26.0 Å². The molecular weight excluding hydrogens is 433 g/mol. The Bertz CT molecular complexity index is 1100. The zero-order valence-corrected chi connectivity index (χ0v) is 18.5. The first-order valence-corrected chi connectivity index (χ1v) is 12.4. The summed E-state index contributed by atoms with van der Waals surface area (Å²) in [7, 11) is -7.56. The van der Waals surface area contributed by atoms with Crippen molar-refractivity contribution in [3.8, 4) is 0 Å². The Hall–Kier alpha value is -2.50. The van der Waals surface area contributed by atoms with Gasteiger partial charge in [-0.3, -0.25) is 9.10 Å². The zero-order valence-electron chi connectivity index (χ0n) is 16.9. The Balaban J connectivity index is 2.18. The molecule has 11 heteroatoms. The summed E-state index contributed by atoms with van der Waals surface area (Å²) in [6.45, 7) is 3.49. The normalized spacial score (nSPS) is 12.0. The summed E-state index contributed by atoms with van der Waals surface area (Å²) < 4.78 is 65.1. The van der Waals surface area contributed by atoms with Gasteiger partial charge >= 0.3 is 0 Å². The number of nitrogens with zero attached hydrogens (tertiary/aromatic N) is 2. The van der Waals surface area contributed by atoms with Gasteiger partial charge in [0.1, 0.15) is 12.4 Å². The molecule has 0 fully saturated rings. The Morgan fingerprint density at radius 1 is 0.967 bits per heavy atom. The average molecular weight is 458 g/mol. The van der Waals surface area contributed by atoms with Crippen molar-refractivity contribution in [1.82, 2.24) is 4.31 Å². The van der Waals surface area contributed by atoms with Crippen molar-refractivity contribution in [2.75, 3.05) is 35.5 Å². The summed E-state index contributed by atoms with van der Waals surface area (Å²) in [6, 6.07) is 10.8. The van der Waals surface area contributed by atoms with E-state index in [0.717, 1.165) is 12.3 Å². The van der Waals surface area contributed by atoms with E-state index in [2.05, 4.69) is 5.32 Å². The molecule has 0 bridgehead atoms. The molecule has 164 valence electrons. The molecular formula is C19H24FN3O5S2. The van der Waals surface area contributed by atoms with Crippen LogP contribution in [-0.4, -0.2) is 52.9 Å². The van der Waals surface area contributed by atoms with E-state index in [9.17, 15) is 26.0 Å². The van der Waals surface area contributed by atoms with E-state index < -0.39 is 38.3 Å². The van der Waals surface area contributed by atoms with Crippen molar-refractivity contribution >= 4 is 37.3 Å². The van der Waals surface area contributed by atoms with Crippen LogP contribution in [0, 0.1) is 5.82 Å². The second-order valence-electron chi connectivity index (χ2n) is 6.38. The lowest BCUT2D eigenvalue weighted by Gasteiger charge is -2.22. The van der Waals surface area contributed by atoms with Crippen LogP contribution in [0.1, 0.15) is 13.8 Å². The SMILES string of the molecule is CCN(CC)S(=O)(=O)c1ccc(NC(=O)CN(c2ccccc2F)S(C)(=O)=O)cc1. The van der Waals surface area contributed by atoms with Gasteiger partial charge in [0.25, 0.3) is 0 Å². The summed E-state index contributed by atoms with van der Waals surface area (Å²) in [5, 5.41) is 2.49. The van der Waals surface area contributed by atoms with Gasteiger partial charge in [-0.2, -0.15) is 4.31 Å². The highest BCUT2D eigenvalue weighted by Gasteiger charge is 2.24. The third kappa shape index (κ3) is 5.55. The van der Waals surface area contributed by atoms with Gasteiger partial charge < -0.3 is 5.32 Å². The van der Waals surface area contributed by atoms with Crippen molar-refractivity contribution < 1.29 is 26.0 Å². The summed E-state index contributed by atoms with van der Waals surface area (Å²) in [4.78, 5) is 12.4. The first-order valence-electron chi connectivity index (χ1n) is 9.13. The fraction of sp³-hybridized carbons (Fsp3) is 0.316. The number of carbonyl (C=O) groups excluding carboxylic acids is 1. The molecule has 2 aromatic rings. The monoisotopic (exact) mass is 457 g/mol. The second-order valence-corrected chi connectivity index (χ2v) is 10.2. The maximum atomic E-state index is 14.0. The van der Waals surface area contributed by atoms with Gasteiger partial charge in [-0.15, -0.1) is 0 Å². The minimum atomic E-state index is -3.92. The molecule has 0 spiro atoms. The highest BCUT2D eigenvalue weighted by atomic mass is 32.2. The van der Waals surface area contributed by atoms with E-state index >= 15 is 0 Å². The fourth-order valence-electron chi connectivity index (χ4n) is 2.79.